The quantitative estimate of drug-likeness (QED) is 0.431. The molecule has 180 valence electrons. The van der Waals surface area contributed by atoms with E-state index in [4.69, 9.17) is 15.5 Å². The summed E-state index contributed by atoms with van der Waals surface area (Å²) in [6, 6.07) is 11.9. The maximum atomic E-state index is 13.9. The third kappa shape index (κ3) is 4.39. The van der Waals surface area contributed by atoms with Crippen molar-refractivity contribution in [2.24, 2.45) is 5.92 Å². The summed E-state index contributed by atoms with van der Waals surface area (Å²) in [5.74, 6) is -0.452. The van der Waals surface area contributed by atoms with Crippen molar-refractivity contribution in [1.82, 2.24) is 19.7 Å². The number of hydrogen-bond acceptors (Lipinski definition) is 7. The molecular formula is C25H24F2N6O2. The molecule has 1 saturated heterocycles. The number of carbonyl (C=O) groups excluding carboxylic acids is 1. The molecule has 8 nitrogen and oxygen atoms in total. The fourth-order valence-electron chi connectivity index (χ4n) is 4.34. The molecule has 2 aromatic carbocycles. The largest absolute Gasteiger partial charge is 0.466 e. The number of nitrogen functional groups attached to an aromatic ring is 1. The van der Waals surface area contributed by atoms with Gasteiger partial charge in [-0.25, -0.2) is 18.4 Å². The van der Waals surface area contributed by atoms with Crippen LogP contribution in [0.4, 0.5) is 20.5 Å². The van der Waals surface area contributed by atoms with Crippen molar-refractivity contribution in [3.05, 3.63) is 60.2 Å². The zero-order valence-corrected chi connectivity index (χ0v) is 19.1. The van der Waals surface area contributed by atoms with Gasteiger partial charge in [0.2, 0.25) is 5.95 Å². The van der Waals surface area contributed by atoms with Crippen molar-refractivity contribution in [2.75, 3.05) is 30.3 Å². The number of rotatable bonds is 5. The van der Waals surface area contributed by atoms with E-state index in [9.17, 15) is 13.6 Å². The van der Waals surface area contributed by atoms with Crippen molar-refractivity contribution in [3.63, 3.8) is 0 Å². The predicted octanol–water partition coefficient (Wildman–Crippen LogP) is 4.12. The molecule has 0 bridgehead atoms. The van der Waals surface area contributed by atoms with E-state index in [0.29, 0.717) is 66.5 Å². The number of nitrogens with two attached hydrogens (primary N) is 1. The van der Waals surface area contributed by atoms with Gasteiger partial charge in [0.1, 0.15) is 17.5 Å². The highest BCUT2D eigenvalue weighted by Gasteiger charge is 2.28. The van der Waals surface area contributed by atoms with Gasteiger partial charge < -0.3 is 15.4 Å². The van der Waals surface area contributed by atoms with Crippen molar-refractivity contribution in [2.45, 2.75) is 19.8 Å². The lowest BCUT2D eigenvalue weighted by Crippen LogP contribution is -2.38. The van der Waals surface area contributed by atoms with Crippen LogP contribution in [0.25, 0.3) is 28.0 Å². The number of carbonyl (C=O) groups is 1. The SMILES string of the molecule is CCOC(=O)C1CCN(c2nc(-c3ccc(F)cc3)c3c(N)n(-c4cccc(F)c4)nc3n2)CC1. The summed E-state index contributed by atoms with van der Waals surface area (Å²) in [5.41, 5.74) is 8.38. The fraction of sp³-hybridized carbons (Fsp3) is 0.280. The first-order valence-electron chi connectivity index (χ1n) is 11.4. The zero-order chi connectivity index (χ0) is 24.5. The highest BCUT2D eigenvalue weighted by Crippen LogP contribution is 2.34. The zero-order valence-electron chi connectivity index (χ0n) is 19.1. The van der Waals surface area contributed by atoms with E-state index >= 15 is 0 Å². The Morgan fingerprint density at radius 2 is 1.83 bits per heavy atom. The summed E-state index contributed by atoms with van der Waals surface area (Å²) in [6.07, 6.45) is 1.23. The van der Waals surface area contributed by atoms with Gasteiger partial charge in [0.15, 0.2) is 5.65 Å². The summed E-state index contributed by atoms with van der Waals surface area (Å²) >= 11 is 0. The molecule has 1 aliphatic heterocycles. The van der Waals surface area contributed by atoms with Crippen LogP contribution in [-0.4, -0.2) is 45.4 Å². The smallest absolute Gasteiger partial charge is 0.309 e. The summed E-state index contributed by atoms with van der Waals surface area (Å²) in [5, 5.41) is 5.04. The van der Waals surface area contributed by atoms with Gasteiger partial charge in [-0.05, 0) is 62.2 Å². The predicted molar refractivity (Wildman–Crippen MR) is 128 cm³/mol. The summed E-state index contributed by atoms with van der Waals surface area (Å²) in [6.45, 7) is 3.28. The summed E-state index contributed by atoms with van der Waals surface area (Å²) in [7, 11) is 0. The van der Waals surface area contributed by atoms with E-state index in [0.717, 1.165) is 0 Å². The minimum atomic E-state index is -0.420. The van der Waals surface area contributed by atoms with Gasteiger partial charge in [0.05, 0.1) is 29.3 Å². The van der Waals surface area contributed by atoms with Crippen LogP contribution in [-0.2, 0) is 9.53 Å². The second-order valence-electron chi connectivity index (χ2n) is 8.37. The third-order valence-corrected chi connectivity index (χ3v) is 6.13. The third-order valence-electron chi connectivity index (χ3n) is 6.13. The number of hydrogen-bond donors (Lipinski definition) is 1. The van der Waals surface area contributed by atoms with Crippen LogP contribution in [0.1, 0.15) is 19.8 Å². The van der Waals surface area contributed by atoms with Gasteiger partial charge in [0, 0.05) is 18.7 Å². The minimum absolute atomic E-state index is 0.158. The maximum absolute atomic E-state index is 13.9. The standard InChI is InChI=1S/C25H24F2N6O2/c1-2-35-24(34)16-10-12-32(13-11-16)25-29-21(15-6-8-17(26)9-7-15)20-22(28)33(31-23(20)30-25)19-5-3-4-18(27)14-19/h3-9,14,16H,2,10-13,28H2,1H3. The van der Waals surface area contributed by atoms with E-state index < -0.39 is 5.82 Å². The Bertz CT molecular complexity index is 1380. The molecule has 3 heterocycles. The molecule has 35 heavy (non-hydrogen) atoms. The molecule has 0 radical (unpaired) electrons. The van der Waals surface area contributed by atoms with Crippen molar-refractivity contribution < 1.29 is 18.3 Å². The number of benzene rings is 2. The van der Waals surface area contributed by atoms with E-state index in [1.165, 1.54) is 28.9 Å². The Hall–Kier alpha value is -4.08. The lowest BCUT2D eigenvalue weighted by atomic mass is 9.97. The highest BCUT2D eigenvalue weighted by atomic mass is 19.1. The number of ether oxygens (including phenoxy) is 1. The maximum Gasteiger partial charge on any atom is 0.309 e. The molecule has 5 rings (SSSR count). The monoisotopic (exact) mass is 478 g/mol. The normalized spacial score (nSPS) is 14.4. The Kier molecular flexibility index (Phi) is 6.02. The molecule has 0 saturated carbocycles. The molecule has 2 N–H and O–H groups in total. The molecule has 0 amide bonds. The minimum Gasteiger partial charge on any atom is -0.466 e. The van der Waals surface area contributed by atoms with Crippen LogP contribution in [0.3, 0.4) is 0 Å². The molecule has 2 aromatic heterocycles. The number of piperidine rings is 1. The fourth-order valence-corrected chi connectivity index (χ4v) is 4.34. The molecular weight excluding hydrogens is 454 g/mol. The van der Waals surface area contributed by atoms with E-state index in [1.807, 2.05) is 4.90 Å². The van der Waals surface area contributed by atoms with E-state index in [-0.39, 0.29) is 23.5 Å². The average Bonchev–Trinajstić information content (AvgIpc) is 3.20. The lowest BCUT2D eigenvalue weighted by Gasteiger charge is -2.31. The van der Waals surface area contributed by atoms with E-state index in [2.05, 4.69) is 10.1 Å². The number of aromatic nitrogens is 4. The number of nitrogens with zero attached hydrogens (tertiary/aromatic N) is 5. The Balaban J connectivity index is 1.58. The Morgan fingerprint density at radius 1 is 1.09 bits per heavy atom. The molecule has 0 atom stereocenters. The van der Waals surface area contributed by atoms with Crippen LogP contribution in [0.2, 0.25) is 0 Å². The second-order valence-corrected chi connectivity index (χ2v) is 8.37. The van der Waals surface area contributed by atoms with Crippen LogP contribution >= 0.6 is 0 Å². The topological polar surface area (TPSA) is 99.2 Å². The van der Waals surface area contributed by atoms with Crippen molar-refractivity contribution in [1.29, 1.82) is 0 Å². The Labute approximate surface area is 200 Å². The lowest BCUT2D eigenvalue weighted by molar-refractivity contribution is -0.148. The summed E-state index contributed by atoms with van der Waals surface area (Å²) in [4.78, 5) is 23.6. The van der Waals surface area contributed by atoms with Gasteiger partial charge in [-0.3, -0.25) is 4.79 Å². The van der Waals surface area contributed by atoms with Gasteiger partial charge in [-0.2, -0.15) is 4.98 Å². The van der Waals surface area contributed by atoms with Crippen LogP contribution in [0.5, 0.6) is 0 Å². The van der Waals surface area contributed by atoms with Gasteiger partial charge >= 0.3 is 5.97 Å². The highest BCUT2D eigenvalue weighted by molar-refractivity contribution is 5.99. The number of halogens is 2. The van der Waals surface area contributed by atoms with Gasteiger partial charge in [-0.15, -0.1) is 5.10 Å². The second kappa shape index (κ2) is 9.28. The number of anilines is 2. The molecule has 1 aliphatic rings. The molecule has 0 aliphatic carbocycles. The number of fused-ring (bicyclic) bond motifs is 1. The van der Waals surface area contributed by atoms with Crippen molar-refractivity contribution in [3.8, 4) is 16.9 Å². The molecule has 0 unspecified atom stereocenters. The first-order valence-corrected chi connectivity index (χ1v) is 11.4. The van der Waals surface area contributed by atoms with Gasteiger partial charge in [-0.1, -0.05) is 6.07 Å². The van der Waals surface area contributed by atoms with Crippen LogP contribution in [0.15, 0.2) is 48.5 Å². The van der Waals surface area contributed by atoms with Crippen LogP contribution in [0, 0.1) is 17.6 Å². The van der Waals surface area contributed by atoms with E-state index in [1.54, 1.807) is 31.2 Å². The first-order chi connectivity index (χ1) is 16.9. The van der Waals surface area contributed by atoms with Gasteiger partial charge in [0.25, 0.3) is 0 Å². The molecule has 4 aromatic rings. The molecule has 1 fully saturated rings. The molecule has 0 spiro atoms. The number of esters is 1. The first kappa shape index (κ1) is 22.7. The molecule has 10 heteroatoms. The van der Waals surface area contributed by atoms with Crippen molar-refractivity contribution >= 4 is 28.8 Å². The Morgan fingerprint density at radius 3 is 2.51 bits per heavy atom. The summed E-state index contributed by atoms with van der Waals surface area (Å²) < 4.78 is 34.1. The van der Waals surface area contributed by atoms with Crippen LogP contribution < -0.4 is 10.6 Å². The average molecular weight is 479 g/mol.